The third-order valence-electron chi connectivity index (χ3n) is 10.5. The Hall–Kier alpha value is -3.66. The smallest absolute Gasteiger partial charge is 0.462 e. The first-order chi connectivity index (χ1) is 32.3. The van der Waals surface area contributed by atoms with Crippen molar-refractivity contribution in [1.29, 1.82) is 0 Å². The fourth-order valence-electron chi connectivity index (χ4n) is 6.39. The van der Waals surface area contributed by atoms with Crippen LogP contribution in [0.4, 0.5) is 5.82 Å². The molecule has 0 bridgehead atoms. The number of aliphatic hydroxyl groups excluding tert-OH is 5. The molecule has 1 aromatic heterocycles. The molecule has 23 heteroatoms. The summed E-state index contributed by atoms with van der Waals surface area (Å²) in [6.45, 7) is 3.80. The molecule has 386 valence electrons. The van der Waals surface area contributed by atoms with Gasteiger partial charge < -0.3 is 55.3 Å². The topological polar surface area (TPSA) is 326 Å². The van der Waals surface area contributed by atoms with Gasteiger partial charge in [-0.3, -0.25) is 23.2 Å². The Morgan fingerprint density at radius 3 is 2.15 bits per heavy atom. The predicted molar refractivity (Wildman–Crippen MR) is 251 cm³/mol. The van der Waals surface area contributed by atoms with Gasteiger partial charge in [0.15, 0.2) is 12.3 Å². The van der Waals surface area contributed by atoms with Gasteiger partial charge in [-0.15, -0.1) is 0 Å². The van der Waals surface area contributed by atoms with Gasteiger partial charge in [0, 0.05) is 19.0 Å². The number of anilines is 1. The molecule has 0 saturated carbocycles. The minimum atomic E-state index is -5.51. The second kappa shape index (κ2) is 33.0. The Labute approximate surface area is 398 Å². The Morgan fingerprint density at radius 1 is 0.838 bits per heavy atom. The van der Waals surface area contributed by atoms with Gasteiger partial charge >= 0.3 is 33.3 Å². The summed E-state index contributed by atoms with van der Waals surface area (Å²) in [6.07, 6.45) is 15.8. The number of allylic oxidation sites excluding steroid dienone is 7. The number of phosphoric acid groups is 2. The van der Waals surface area contributed by atoms with Crippen LogP contribution in [0, 0.1) is 5.92 Å². The summed E-state index contributed by atoms with van der Waals surface area (Å²) >= 11 is 0. The number of carbonyl (C=O) groups is 2. The molecular formula is C45H73N3O18P2. The van der Waals surface area contributed by atoms with Crippen molar-refractivity contribution in [2.24, 2.45) is 5.92 Å². The molecule has 0 aliphatic carbocycles. The number of esters is 2. The van der Waals surface area contributed by atoms with Gasteiger partial charge in [0.05, 0.1) is 31.5 Å². The summed E-state index contributed by atoms with van der Waals surface area (Å²) in [6, 6.07) is 1.22. The van der Waals surface area contributed by atoms with Gasteiger partial charge in [-0.25, -0.2) is 13.9 Å². The van der Waals surface area contributed by atoms with Crippen LogP contribution in [-0.4, -0.2) is 119 Å². The van der Waals surface area contributed by atoms with E-state index < -0.39 is 102 Å². The van der Waals surface area contributed by atoms with Gasteiger partial charge in [-0.2, -0.15) is 9.29 Å². The molecule has 3 unspecified atom stereocenters. The Kier molecular flexibility index (Phi) is 29.4. The van der Waals surface area contributed by atoms with E-state index >= 15 is 0 Å². The summed E-state index contributed by atoms with van der Waals surface area (Å²) in [5, 5.41) is 51.5. The zero-order chi connectivity index (χ0) is 50.5. The van der Waals surface area contributed by atoms with Gasteiger partial charge in [-0.1, -0.05) is 126 Å². The van der Waals surface area contributed by atoms with E-state index in [4.69, 9.17) is 29.0 Å². The molecule has 68 heavy (non-hydrogen) atoms. The fraction of sp³-hybridized carbons (Fsp3) is 0.644. The quantitative estimate of drug-likeness (QED) is 0.0143. The molecule has 2 heterocycles. The molecule has 0 aromatic carbocycles. The summed E-state index contributed by atoms with van der Waals surface area (Å²) in [7, 11) is -11.0. The Morgan fingerprint density at radius 2 is 1.47 bits per heavy atom. The lowest BCUT2D eigenvalue weighted by atomic mass is 10.00. The molecule has 1 aromatic rings. The number of hydrogen-bond acceptors (Lipinski definition) is 18. The van der Waals surface area contributed by atoms with Crippen LogP contribution in [0.5, 0.6) is 0 Å². The van der Waals surface area contributed by atoms with E-state index in [-0.39, 0.29) is 31.5 Å². The average molecular weight is 1010 g/mol. The van der Waals surface area contributed by atoms with Crippen LogP contribution < -0.4 is 11.4 Å². The van der Waals surface area contributed by atoms with Crippen LogP contribution in [-0.2, 0) is 46.3 Å². The molecule has 21 nitrogen and oxygen atoms in total. The number of hydrogen-bond donors (Lipinski definition) is 8. The first-order valence-electron chi connectivity index (χ1n) is 23.0. The van der Waals surface area contributed by atoms with Crippen molar-refractivity contribution < 1.29 is 81.6 Å². The van der Waals surface area contributed by atoms with Crippen LogP contribution in [0.25, 0.3) is 0 Å². The number of phosphoric ester groups is 2. The highest BCUT2D eigenvalue weighted by Crippen LogP contribution is 2.60. The minimum absolute atomic E-state index is 0.0261. The van der Waals surface area contributed by atoms with E-state index in [1.807, 2.05) is 19.1 Å². The van der Waals surface area contributed by atoms with Crippen LogP contribution in [0.1, 0.15) is 117 Å². The molecule has 0 spiro atoms. The highest BCUT2D eigenvalue weighted by atomic mass is 31.3. The van der Waals surface area contributed by atoms with E-state index in [1.165, 1.54) is 24.6 Å². The predicted octanol–water partition coefficient (Wildman–Crippen LogP) is 5.15. The maximum Gasteiger partial charge on any atom is 0.481 e. The number of aromatic nitrogens is 2. The standard InChI is InChI=1S/C45H73N3O18P2/c1-4-6-15-22-34(49)23-17-12-8-9-13-18-24-36(50)37(51)25-20-27-41(53)64-35(30-61-40(52)26-19-14-10-7-11-16-21-33(3)5-2)31-62-67(57,58)66-68(59,60)63-32-38-42(54)43(55)44(65-38)48-29-28-39(46)47-45(48)56/h6,8-9,12-13,15,17-18,23-24,28-29,33-38,42-44,49-51,54-55H,4-5,7,10-11,14,16,19-22,25-27,30-32H2,1-3H3,(H,57,58)(H,59,60)(H2,46,47,56)/b12-8+,13-9-,15-6-,23-17+,24-18-/t33?,34-,35+,36+,37+,38+,42+,43+,44+/m0/s1. The van der Waals surface area contributed by atoms with Gasteiger partial charge in [0.1, 0.15) is 30.7 Å². The minimum Gasteiger partial charge on any atom is -0.462 e. The molecule has 1 fully saturated rings. The number of rotatable bonds is 35. The van der Waals surface area contributed by atoms with Gasteiger partial charge in [0.2, 0.25) is 0 Å². The lowest BCUT2D eigenvalue weighted by Crippen LogP contribution is -2.36. The number of nitrogens with zero attached hydrogens (tertiary/aromatic N) is 2. The third-order valence-corrected chi connectivity index (χ3v) is 13.1. The number of unbranched alkanes of at least 4 members (excludes halogenated alkanes) is 5. The monoisotopic (exact) mass is 1010 g/mol. The first-order valence-corrected chi connectivity index (χ1v) is 26.0. The highest BCUT2D eigenvalue weighted by molar-refractivity contribution is 7.61. The number of aliphatic hydroxyl groups is 5. The van der Waals surface area contributed by atoms with Gasteiger partial charge in [0.25, 0.3) is 0 Å². The zero-order valence-corrected chi connectivity index (χ0v) is 40.9. The lowest BCUT2D eigenvalue weighted by Gasteiger charge is -2.21. The van der Waals surface area contributed by atoms with E-state index in [0.717, 1.165) is 55.7 Å². The SMILES string of the molecule is CC/C=C\C[C@H](O)/C=C/C=C/C=C\C=C/[C@@H](O)[C@H](O)CCCC(=O)O[C@H](COC(=O)CCCCCCCCC(C)CC)COP(=O)(O)OP(=O)(O)OC[C@H]1O[C@@H](n2ccc(N)nc2=O)[C@H](O)[C@@H]1O. The van der Waals surface area contributed by atoms with Crippen molar-refractivity contribution in [2.45, 2.75) is 160 Å². The average Bonchev–Trinajstić information content (AvgIpc) is 3.56. The zero-order valence-electron chi connectivity index (χ0n) is 39.1. The maximum absolute atomic E-state index is 12.8. The maximum atomic E-state index is 12.8. The summed E-state index contributed by atoms with van der Waals surface area (Å²) < 4.78 is 56.2. The molecule has 1 aliphatic heterocycles. The van der Waals surface area contributed by atoms with Crippen LogP contribution in [0.2, 0.25) is 0 Å². The number of carbonyl (C=O) groups excluding carboxylic acids is 2. The van der Waals surface area contributed by atoms with E-state index in [9.17, 15) is 58.8 Å². The highest BCUT2D eigenvalue weighted by Gasteiger charge is 2.46. The van der Waals surface area contributed by atoms with E-state index in [0.29, 0.717) is 18.8 Å². The Balaban J connectivity index is 1.93. The second-order valence-electron chi connectivity index (χ2n) is 16.3. The van der Waals surface area contributed by atoms with Crippen molar-refractivity contribution in [1.82, 2.24) is 9.55 Å². The number of ether oxygens (including phenoxy) is 3. The van der Waals surface area contributed by atoms with E-state index in [1.54, 1.807) is 36.5 Å². The van der Waals surface area contributed by atoms with Crippen LogP contribution in [0.3, 0.4) is 0 Å². The molecule has 1 aliphatic rings. The normalized spacial score (nSPS) is 21.9. The second-order valence-corrected chi connectivity index (χ2v) is 19.4. The van der Waals surface area contributed by atoms with Crippen LogP contribution >= 0.6 is 15.6 Å². The summed E-state index contributed by atoms with van der Waals surface area (Å²) in [5.41, 5.74) is 4.54. The molecule has 1 saturated heterocycles. The third kappa shape index (κ3) is 25.8. The summed E-state index contributed by atoms with van der Waals surface area (Å²) in [4.78, 5) is 61.7. The van der Waals surface area contributed by atoms with E-state index in [2.05, 4.69) is 23.1 Å². The lowest BCUT2D eigenvalue weighted by molar-refractivity contribution is -0.161. The molecule has 0 amide bonds. The van der Waals surface area contributed by atoms with Gasteiger partial charge in [-0.05, 0) is 44.1 Å². The number of nitrogen functional groups attached to an aromatic ring is 1. The van der Waals surface area contributed by atoms with Crippen LogP contribution in [0.15, 0.2) is 77.8 Å². The Bertz CT molecular complexity index is 1940. The molecule has 9 N–H and O–H groups in total. The molecule has 0 radical (unpaired) electrons. The van der Waals surface area contributed by atoms with Crippen molar-refractivity contribution in [3.05, 3.63) is 83.5 Å². The van der Waals surface area contributed by atoms with Crippen molar-refractivity contribution in [3.63, 3.8) is 0 Å². The molecular weight excluding hydrogens is 932 g/mol. The number of nitrogens with two attached hydrogens (primary N) is 1. The van der Waals surface area contributed by atoms with Crippen molar-refractivity contribution in [2.75, 3.05) is 25.6 Å². The van der Waals surface area contributed by atoms with Crippen molar-refractivity contribution >= 4 is 33.4 Å². The summed E-state index contributed by atoms with van der Waals surface area (Å²) in [5.74, 6) is -0.970. The molecule has 11 atom stereocenters. The fourth-order valence-corrected chi connectivity index (χ4v) is 8.50. The first kappa shape index (κ1) is 60.5. The van der Waals surface area contributed by atoms with Crippen molar-refractivity contribution in [3.8, 4) is 0 Å². The molecule has 2 rings (SSSR count). The largest absolute Gasteiger partial charge is 0.481 e.